The summed E-state index contributed by atoms with van der Waals surface area (Å²) in [5.74, 6) is 1.26. The van der Waals surface area contributed by atoms with Crippen LogP contribution in [0.3, 0.4) is 0 Å². The van der Waals surface area contributed by atoms with E-state index in [0.29, 0.717) is 23.5 Å². The predicted octanol–water partition coefficient (Wildman–Crippen LogP) is 2.71. The Labute approximate surface area is 184 Å². The molecule has 2 saturated carbocycles. The maximum Gasteiger partial charge on any atom is 0.191 e. The molecule has 0 aromatic heterocycles. The Kier molecular flexibility index (Phi) is 6.17. The van der Waals surface area contributed by atoms with Gasteiger partial charge in [0.25, 0.3) is 0 Å². The Bertz CT molecular complexity index is 774. The minimum Gasteiger partial charge on any atom is -0.379 e. The highest BCUT2D eigenvalue weighted by atomic mass is 19.1. The average molecular weight is 431 g/mol. The van der Waals surface area contributed by atoms with Crippen molar-refractivity contribution in [2.75, 3.05) is 46.5 Å². The largest absolute Gasteiger partial charge is 0.379 e. The van der Waals surface area contributed by atoms with Crippen molar-refractivity contribution in [1.29, 1.82) is 0 Å². The van der Waals surface area contributed by atoms with Crippen LogP contribution in [0.15, 0.2) is 29.3 Å². The van der Waals surface area contributed by atoms with Crippen LogP contribution in [0.5, 0.6) is 0 Å². The van der Waals surface area contributed by atoms with Crippen molar-refractivity contribution in [3.8, 4) is 0 Å². The zero-order valence-corrected chi connectivity index (χ0v) is 18.5. The van der Waals surface area contributed by atoms with E-state index in [1.807, 2.05) is 19.2 Å². The van der Waals surface area contributed by atoms with Gasteiger partial charge < -0.3 is 20.1 Å². The fourth-order valence-corrected chi connectivity index (χ4v) is 6.47. The maximum absolute atomic E-state index is 13.5. The van der Waals surface area contributed by atoms with E-state index in [2.05, 4.69) is 20.5 Å². The van der Waals surface area contributed by atoms with E-state index in [1.54, 1.807) is 12.1 Å². The van der Waals surface area contributed by atoms with E-state index in [0.717, 1.165) is 57.4 Å². The predicted molar refractivity (Wildman–Crippen MR) is 119 cm³/mol. The molecule has 2 N–H and O–H groups in total. The fraction of sp³-hybridized carbons (Fsp3) is 0.708. The van der Waals surface area contributed by atoms with Crippen LogP contribution in [0, 0.1) is 17.2 Å². The molecule has 4 atom stereocenters. The SMILES string of the molecule is CN=C(NCC(c1ccc(F)cc1)N1CCOCC1)NC1C2CCOC2C12CCCC2. The Balaban J connectivity index is 1.27. The zero-order valence-electron chi connectivity index (χ0n) is 18.5. The lowest BCUT2D eigenvalue weighted by Gasteiger charge is -2.57. The molecular weight excluding hydrogens is 395 g/mol. The van der Waals surface area contributed by atoms with Gasteiger partial charge in [0.1, 0.15) is 5.82 Å². The second kappa shape index (κ2) is 9.04. The quantitative estimate of drug-likeness (QED) is 0.556. The van der Waals surface area contributed by atoms with Crippen molar-refractivity contribution in [3.63, 3.8) is 0 Å². The molecule has 2 aliphatic heterocycles. The van der Waals surface area contributed by atoms with Crippen molar-refractivity contribution in [2.45, 2.75) is 50.3 Å². The van der Waals surface area contributed by atoms with Gasteiger partial charge in [0.2, 0.25) is 0 Å². The molecular formula is C24H35FN4O2. The number of fused-ring (bicyclic) bond motifs is 2. The van der Waals surface area contributed by atoms with Gasteiger partial charge in [-0.25, -0.2) is 4.39 Å². The van der Waals surface area contributed by atoms with Crippen molar-refractivity contribution in [1.82, 2.24) is 15.5 Å². The van der Waals surface area contributed by atoms with Crippen LogP contribution in [0.25, 0.3) is 0 Å². The van der Waals surface area contributed by atoms with Crippen molar-refractivity contribution < 1.29 is 13.9 Å². The van der Waals surface area contributed by atoms with Gasteiger partial charge in [-0.3, -0.25) is 9.89 Å². The molecule has 2 aliphatic carbocycles. The number of benzene rings is 1. The van der Waals surface area contributed by atoms with Gasteiger partial charge in [0.15, 0.2) is 5.96 Å². The first-order valence-electron chi connectivity index (χ1n) is 11.9. The van der Waals surface area contributed by atoms with Gasteiger partial charge in [0, 0.05) is 50.7 Å². The molecule has 4 fully saturated rings. The molecule has 5 rings (SSSR count). The van der Waals surface area contributed by atoms with Gasteiger partial charge in [-0.05, 0) is 37.0 Å². The normalized spacial score (nSPS) is 31.3. The lowest BCUT2D eigenvalue weighted by atomic mass is 9.54. The summed E-state index contributed by atoms with van der Waals surface area (Å²) in [5.41, 5.74) is 1.41. The second-order valence-corrected chi connectivity index (χ2v) is 9.48. The molecule has 0 bridgehead atoms. The molecule has 7 heteroatoms. The number of ether oxygens (including phenoxy) is 2. The minimum atomic E-state index is -0.199. The lowest BCUT2D eigenvalue weighted by Crippen LogP contribution is -2.69. The van der Waals surface area contributed by atoms with Gasteiger partial charge in [0.05, 0.1) is 25.4 Å². The van der Waals surface area contributed by atoms with Crippen LogP contribution in [-0.2, 0) is 9.47 Å². The number of morpholine rings is 1. The highest BCUT2D eigenvalue weighted by Crippen LogP contribution is 2.60. The van der Waals surface area contributed by atoms with E-state index < -0.39 is 0 Å². The fourth-order valence-electron chi connectivity index (χ4n) is 6.47. The summed E-state index contributed by atoms with van der Waals surface area (Å²) in [7, 11) is 1.85. The monoisotopic (exact) mass is 430 g/mol. The Morgan fingerprint density at radius 1 is 1.19 bits per heavy atom. The van der Waals surface area contributed by atoms with Gasteiger partial charge in [-0.2, -0.15) is 0 Å². The number of halogens is 1. The topological polar surface area (TPSA) is 58.1 Å². The summed E-state index contributed by atoms with van der Waals surface area (Å²) in [6, 6.07) is 7.48. The van der Waals surface area contributed by atoms with Gasteiger partial charge >= 0.3 is 0 Å². The van der Waals surface area contributed by atoms with Crippen LogP contribution in [-0.4, -0.2) is 69.5 Å². The van der Waals surface area contributed by atoms with E-state index in [-0.39, 0.29) is 11.9 Å². The summed E-state index contributed by atoms with van der Waals surface area (Å²) < 4.78 is 25.2. The molecule has 0 radical (unpaired) electrons. The smallest absolute Gasteiger partial charge is 0.191 e. The Morgan fingerprint density at radius 3 is 2.65 bits per heavy atom. The highest BCUT2D eigenvalue weighted by molar-refractivity contribution is 5.80. The third-order valence-corrected chi connectivity index (χ3v) is 8.01. The maximum atomic E-state index is 13.5. The molecule has 2 heterocycles. The lowest BCUT2D eigenvalue weighted by molar-refractivity contribution is -0.125. The van der Waals surface area contributed by atoms with Crippen molar-refractivity contribution in [2.24, 2.45) is 16.3 Å². The highest BCUT2D eigenvalue weighted by Gasteiger charge is 2.65. The van der Waals surface area contributed by atoms with Gasteiger partial charge in [-0.1, -0.05) is 25.0 Å². The Hall–Kier alpha value is -1.70. The number of aliphatic imine (C=N–C) groups is 1. The van der Waals surface area contributed by atoms with E-state index in [9.17, 15) is 4.39 Å². The molecule has 1 aromatic rings. The number of guanidine groups is 1. The first-order chi connectivity index (χ1) is 15.2. The number of nitrogens with zero attached hydrogens (tertiary/aromatic N) is 2. The third kappa shape index (κ3) is 3.96. The van der Waals surface area contributed by atoms with Crippen LogP contribution in [0.4, 0.5) is 4.39 Å². The van der Waals surface area contributed by atoms with E-state index in [4.69, 9.17) is 9.47 Å². The van der Waals surface area contributed by atoms with Crippen LogP contribution in [0.1, 0.15) is 43.7 Å². The van der Waals surface area contributed by atoms with Crippen molar-refractivity contribution in [3.05, 3.63) is 35.6 Å². The Morgan fingerprint density at radius 2 is 1.94 bits per heavy atom. The molecule has 4 unspecified atom stereocenters. The molecule has 1 spiro atoms. The molecule has 4 aliphatic rings. The summed E-state index contributed by atoms with van der Waals surface area (Å²) in [5, 5.41) is 7.37. The van der Waals surface area contributed by atoms with Crippen LogP contribution >= 0.6 is 0 Å². The molecule has 2 saturated heterocycles. The summed E-state index contributed by atoms with van der Waals surface area (Å²) in [4.78, 5) is 6.97. The number of hydrogen-bond donors (Lipinski definition) is 2. The molecule has 170 valence electrons. The van der Waals surface area contributed by atoms with E-state index >= 15 is 0 Å². The third-order valence-electron chi connectivity index (χ3n) is 8.01. The van der Waals surface area contributed by atoms with Gasteiger partial charge in [-0.15, -0.1) is 0 Å². The van der Waals surface area contributed by atoms with Crippen LogP contribution in [0.2, 0.25) is 0 Å². The number of rotatable bonds is 5. The minimum absolute atomic E-state index is 0.146. The van der Waals surface area contributed by atoms with Crippen LogP contribution < -0.4 is 10.6 Å². The average Bonchev–Trinajstić information content (AvgIpc) is 3.47. The number of hydrogen-bond acceptors (Lipinski definition) is 4. The standard InChI is InChI=1S/C24H35FN4O2/c1-26-23(28-21-19-8-13-31-22(19)24(21)9-2-3-10-24)27-16-20(29-11-14-30-15-12-29)17-4-6-18(25)7-5-17/h4-7,19-22H,2-3,8-16H2,1H3,(H2,26,27,28). The molecule has 6 nitrogen and oxygen atoms in total. The molecule has 31 heavy (non-hydrogen) atoms. The molecule has 0 amide bonds. The van der Waals surface area contributed by atoms with Crippen molar-refractivity contribution >= 4 is 5.96 Å². The summed E-state index contributed by atoms with van der Waals surface area (Å²) >= 11 is 0. The summed E-state index contributed by atoms with van der Waals surface area (Å²) in [6.07, 6.45) is 6.71. The first-order valence-corrected chi connectivity index (χ1v) is 11.9. The summed E-state index contributed by atoms with van der Waals surface area (Å²) in [6.45, 7) is 4.84. The second-order valence-electron chi connectivity index (χ2n) is 9.48. The number of nitrogens with one attached hydrogen (secondary N) is 2. The zero-order chi connectivity index (χ0) is 21.3. The molecule has 1 aromatic carbocycles. The van der Waals surface area contributed by atoms with E-state index in [1.165, 1.54) is 25.7 Å². The first kappa shape index (κ1) is 21.2.